The van der Waals surface area contributed by atoms with E-state index in [4.69, 9.17) is 23.2 Å². The van der Waals surface area contributed by atoms with Crippen LogP contribution in [0.3, 0.4) is 0 Å². The molecule has 0 saturated heterocycles. The maximum atomic E-state index is 13.6. The van der Waals surface area contributed by atoms with Gasteiger partial charge in [-0.15, -0.1) is 10.2 Å². The first-order valence-electron chi connectivity index (χ1n) is 11.7. The van der Waals surface area contributed by atoms with Crippen LogP contribution in [0.25, 0.3) is 11.3 Å². The number of carbonyl (C=O) groups excluding carboxylic acids is 2. The molecule has 0 bridgehead atoms. The molecule has 4 aromatic rings. The summed E-state index contributed by atoms with van der Waals surface area (Å²) in [5.74, 6) is -2.51. The maximum Gasteiger partial charge on any atom is 0.455 e. The molecular weight excluding hydrogens is 572 g/mol. The van der Waals surface area contributed by atoms with Gasteiger partial charge in [0, 0.05) is 27.8 Å². The highest BCUT2D eigenvalue weighted by Gasteiger charge is 2.37. The fraction of sp³-hybridized carbons (Fsp3) is 0.240. The van der Waals surface area contributed by atoms with Crippen LogP contribution in [-0.4, -0.2) is 48.0 Å². The second kappa shape index (κ2) is 11.6. The van der Waals surface area contributed by atoms with Crippen LogP contribution in [0.1, 0.15) is 51.8 Å². The van der Waals surface area contributed by atoms with Gasteiger partial charge in [-0.1, -0.05) is 41.4 Å². The number of halogens is 5. The van der Waals surface area contributed by atoms with Gasteiger partial charge in [0.25, 0.3) is 17.6 Å². The van der Waals surface area contributed by atoms with E-state index >= 15 is 0 Å². The van der Waals surface area contributed by atoms with Crippen molar-refractivity contribution in [2.75, 3.05) is 5.32 Å². The van der Waals surface area contributed by atoms with Crippen LogP contribution >= 0.6 is 23.2 Å². The zero-order chi connectivity index (χ0) is 29.2. The van der Waals surface area contributed by atoms with Crippen LogP contribution in [-0.2, 0) is 12.7 Å². The Labute approximate surface area is 235 Å². The third kappa shape index (κ3) is 6.54. The number of tetrazole rings is 1. The molecule has 0 saturated carbocycles. The molecule has 0 aliphatic rings. The summed E-state index contributed by atoms with van der Waals surface area (Å²) in [7, 11) is 0. The number of amides is 2. The Morgan fingerprint density at radius 1 is 1.07 bits per heavy atom. The Hall–Kier alpha value is -4.10. The van der Waals surface area contributed by atoms with E-state index in [0.29, 0.717) is 20.9 Å². The van der Waals surface area contributed by atoms with Crippen molar-refractivity contribution in [2.24, 2.45) is 0 Å². The predicted molar refractivity (Wildman–Crippen MR) is 141 cm³/mol. The lowest BCUT2D eigenvalue weighted by Gasteiger charge is -2.17. The van der Waals surface area contributed by atoms with Gasteiger partial charge in [0.1, 0.15) is 6.54 Å². The standard InChI is InChI=1S/C25H21Cl2F3N8O2/c1-12(2)32-22(39)16-9-14(26)8-13(3)20(16)34-23(40)17-10-31-19(11-38-36-24(35-37-38)25(28,29)30)33-21(17)15-6-4-5-7-18(15)27/h4-10,12H,11H2,1-3H3,(H,32,39)(H,34,40). The topological polar surface area (TPSA) is 128 Å². The Bertz CT molecular complexity index is 1590. The summed E-state index contributed by atoms with van der Waals surface area (Å²) in [6, 6.07) is 9.44. The molecular formula is C25H21Cl2F3N8O2. The second-order valence-corrected chi connectivity index (χ2v) is 9.74. The average Bonchev–Trinajstić information content (AvgIpc) is 3.34. The molecule has 15 heteroatoms. The molecule has 208 valence electrons. The number of aromatic nitrogens is 6. The van der Waals surface area contributed by atoms with E-state index in [1.807, 2.05) is 0 Å². The highest BCUT2D eigenvalue weighted by atomic mass is 35.5. The van der Waals surface area contributed by atoms with Crippen molar-refractivity contribution in [3.05, 3.63) is 81.0 Å². The summed E-state index contributed by atoms with van der Waals surface area (Å²) in [5, 5.41) is 15.8. The summed E-state index contributed by atoms with van der Waals surface area (Å²) in [6.45, 7) is 4.91. The van der Waals surface area contributed by atoms with Crippen molar-refractivity contribution in [3.8, 4) is 11.3 Å². The third-order valence-electron chi connectivity index (χ3n) is 5.40. The zero-order valence-corrected chi connectivity index (χ0v) is 22.7. The van der Waals surface area contributed by atoms with E-state index < -0.39 is 23.8 Å². The molecule has 2 N–H and O–H groups in total. The lowest BCUT2D eigenvalue weighted by Crippen LogP contribution is -2.31. The van der Waals surface area contributed by atoms with E-state index in [1.165, 1.54) is 12.3 Å². The lowest BCUT2D eigenvalue weighted by molar-refractivity contribution is -0.145. The van der Waals surface area contributed by atoms with E-state index in [9.17, 15) is 22.8 Å². The fourth-order valence-electron chi connectivity index (χ4n) is 3.68. The van der Waals surface area contributed by atoms with Crippen molar-refractivity contribution in [1.29, 1.82) is 0 Å². The van der Waals surface area contributed by atoms with Crippen molar-refractivity contribution in [2.45, 2.75) is 39.5 Å². The van der Waals surface area contributed by atoms with Gasteiger partial charge >= 0.3 is 6.18 Å². The molecule has 0 aliphatic heterocycles. The molecule has 2 aromatic heterocycles. The Balaban J connectivity index is 1.74. The molecule has 4 rings (SSSR count). The molecule has 40 heavy (non-hydrogen) atoms. The van der Waals surface area contributed by atoms with Gasteiger partial charge in [0.15, 0.2) is 5.82 Å². The average molecular weight is 593 g/mol. The Kier molecular flexibility index (Phi) is 8.35. The number of anilines is 1. The number of hydrogen-bond donors (Lipinski definition) is 2. The van der Waals surface area contributed by atoms with Crippen LogP contribution in [0.5, 0.6) is 0 Å². The van der Waals surface area contributed by atoms with Gasteiger partial charge < -0.3 is 10.6 Å². The molecule has 0 atom stereocenters. The van der Waals surface area contributed by atoms with E-state index in [1.54, 1.807) is 51.1 Å². The summed E-state index contributed by atoms with van der Waals surface area (Å²) in [4.78, 5) is 35.7. The largest absolute Gasteiger partial charge is 0.455 e. The first-order valence-corrected chi connectivity index (χ1v) is 12.5. The number of nitrogens with one attached hydrogen (secondary N) is 2. The minimum absolute atomic E-state index is 0.00253. The third-order valence-corrected chi connectivity index (χ3v) is 5.95. The molecule has 2 heterocycles. The minimum atomic E-state index is -4.77. The quantitative estimate of drug-likeness (QED) is 0.302. The Morgan fingerprint density at radius 3 is 2.45 bits per heavy atom. The van der Waals surface area contributed by atoms with Gasteiger partial charge in [-0.05, 0) is 49.7 Å². The highest BCUT2D eigenvalue weighted by molar-refractivity contribution is 6.33. The number of rotatable bonds is 7. The summed E-state index contributed by atoms with van der Waals surface area (Å²) < 4.78 is 38.6. The van der Waals surface area contributed by atoms with E-state index in [2.05, 4.69) is 36.0 Å². The van der Waals surface area contributed by atoms with Crippen LogP contribution in [0.2, 0.25) is 10.0 Å². The number of alkyl halides is 3. The fourth-order valence-corrected chi connectivity index (χ4v) is 4.18. The van der Waals surface area contributed by atoms with Gasteiger partial charge in [-0.3, -0.25) is 9.59 Å². The van der Waals surface area contributed by atoms with Gasteiger partial charge in [-0.25, -0.2) is 9.97 Å². The zero-order valence-electron chi connectivity index (χ0n) is 21.2. The first kappa shape index (κ1) is 28.9. The number of nitrogens with zero attached hydrogens (tertiary/aromatic N) is 6. The highest BCUT2D eigenvalue weighted by Crippen LogP contribution is 2.31. The predicted octanol–water partition coefficient (Wildman–Crippen LogP) is 5.20. The van der Waals surface area contributed by atoms with Crippen molar-refractivity contribution in [3.63, 3.8) is 0 Å². The first-order chi connectivity index (χ1) is 18.8. The summed E-state index contributed by atoms with van der Waals surface area (Å²) in [6.07, 6.45) is -3.56. The summed E-state index contributed by atoms with van der Waals surface area (Å²) >= 11 is 12.6. The minimum Gasteiger partial charge on any atom is -0.350 e. The van der Waals surface area contributed by atoms with Gasteiger partial charge in [0.2, 0.25) is 0 Å². The molecule has 2 amide bonds. The van der Waals surface area contributed by atoms with Crippen molar-refractivity contribution >= 4 is 40.7 Å². The molecule has 0 radical (unpaired) electrons. The number of aryl methyl sites for hydroxylation is 1. The molecule has 0 aliphatic carbocycles. The molecule has 0 fully saturated rings. The molecule has 2 aromatic carbocycles. The van der Waals surface area contributed by atoms with Crippen molar-refractivity contribution in [1.82, 2.24) is 35.5 Å². The number of carbonyl (C=O) groups is 2. The molecule has 10 nitrogen and oxygen atoms in total. The second-order valence-electron chi connectivity index (χ2n) is 8.90. The molecule has 0 unspecified atom stereocenters. The monoisotopic (exact) mass is 592 g/mol. The smallest absolute Gasteiger partial charge is 0.350 e. The van der Waals surface area contributed by atoms with Gasteiger partial charge in [0.05, 0.1) is 22.5 Å². The van der Waals surface area contributed by atoms with Gasteiger partial charge in [-0.2, -0.15) is 18.0 Å². The van der Waals surface area contributed by atoms with Crippen molar-refractivity contribution < 1.29 is 22.8 Å². The van der Waals surface area contributed by atoms with Crippen LogP contribution in [0.4, 0.5) is 18.9 Å². The van der Waals surface area contributed by atoms with Crippen LogP contribution in [0, 0.1) is 6.92 Å². The van der Waals surface area contributed by atoms with E-state index in [0.717, 1.165) is 0 Å². The SMILES string of the molecule is Cc1cc(Cl)cc(C(=O)NC(C)C)c1NC(=O)c1cnc(Cn2nnc(C(F)(F)F)n2)nc1-c1ccccc1Cl. The Morgan fingerprint density at radius 2 is 1.80 bits per heavy atom. The number of hydrogen-bond acceptors (Lipinski definition) is 7. The summed E-state index contributed by atoms with van der Waals surface area (Å²) in [5.41, 5.74) is 1.37. The normalized spacial score (nSPS) is 11.5. The number of benzene rings is 2. The maximum absolute atomic E-state index is 13.6. The lowest BCUT2D eigenvalue weighted by atomic mass is 10.0. The van der Waals surface area contributed by atoms with Crippen LogP contribution < -0.4 is 10.6 Å². The molecule has 0 spiro atoms. The van der Waals surface area contributed by atoms with E-state index in [-0.39, 0.29) is 45.9 Å². The van der Waals surface area contributed by atoms with Crippen LogP contribution in [0.15, 0.2) is 42.6 Å².